The number of hydrogen-bond acceptors (Lipinski definition) is 5. The topological polar surface area (TPSA) is 66.2 Å². The normalized spacial score (nSPS) is 19.9. The average molecular weight is 321 g/mol. The lowest BCUT2D eigenvalue weighted by Crippen LogP contribution is -2.53. The maximum Gasteiger partial charge on any atom is 0.289 e. The standard InChI is InChI=1S/C16H23N3O4/c1-13-2-9-23-15(13)16(21)19-5-3-18(4-6-19)14(20)12-17-7-10-22-11-8-17/h2,9H,3-8,10-12H2,1H3. The van der Waals surface area contributed by atoms with Gasteiger partial charge in [-0.2, -0.15) is 0 Å². The van der Waals surface area contributed by atoms with Crippen LogP contribution in [0.15, 0.2) is 16.7 Å². The molecule has 2 aliphatic heterocycles. The van der Waals surface area contributed by atoms with Crippen LogP contribution in [0.4, 0.5) is 0 Å². The second-order valence-corrected chi connectivity index (χ2v) is 5.99. The van der Waals surface area contributed by atoms with Crippen molar-refractivity contribution in [2.75, 3.05) is 59.0 Å². The number of aryl methyl sites for hydroxylation is 1. The molecule has 7 nitrogen and oxygen atoms in total. The summed E-state index contributed by atoms with van der Waals surface area (Å²) < 4.78 is 10.6. The van der Waals surface area contributed by atoms with Gasteiger partial charge in [0.2, 0.25) is 5.91 Å². The number of furan rings is 1. The van der Waals surface area contributed by atoms with Crippen LogP contribution in [-0.2, 0) is 9.53 Å². The molecule has 0 aliphatic carbocycles. The van der Waals surface area contributed by atoms with Crippen molar-refractivity contribution in [2.24, 2.45) is 0 Å². The zero-order valence-electron chi connectivity index (χ0n) is 13.5. The molecule has 0 aromatic carbocycles. The van der Waals surface area contributed by atoms with Gasteiger partial charge in [0.1, 0.15) is 0 Å². The first-order chi connectivity index (χ1) is 11.1. The molecular formula is C16H23N3O4. The summed E-state index contributed by atoms with van der Waals surface area (Å²) in [7, 11) is 0. The van der Waals surface area contributed by atoms with E-state index in [2.05, 4.69) is 4.90 Å². The van der Waals surface area contributed by atoms with Crippen molar-refractivity contribution in [3.63, 3.8) is 0 Å². The van der Waals surface area contributed by atoms with E-state index in [9.17, 15) is 9.59 Å². The van der Waals surface area contributed by atoms with Gasteiger partial charge >= 0.3 is 0 Å². The summed E-state index contributed by atoms with van der Waals surface area (Å²) in [5, 5.41) is 0. The van der Waals surface area contributed by atoms with Crippen LogP contribution in [0.1, 0.15) is 16.1 Å². The Kier molecular flexibility index (Phi) is 4.97. The Bertz CT molecular complexity index is 557. The lowest BCUT2D eigenvalue weighted by atomic mass is 10.2. The van der Waals surface area contributed by atoms with Crippen LogP contribution >= 0.6 is 0 Å². The highest BCUT2D eigenvalue weighted by molar-refractivity contribution is 5.93. The molecule has 23 heavy (non-hydrogen) atoms. The van der Waals surface area contributed by atoms with E-state index in [-0.39, 0.29) is 11.8 Å². The predicted octanol–water partition coefficient (Wildman–Crippen LogP) is 0.205. The van der Waals surface area contributed by atoms with E-state index in [4.69, 9.17) is 9.15 Å². The molecule has 126 valence electrons. The van der Waals surface area contributed by atoms with E-state index in [0.717, 1.165) is 18.7 Å². The van der Waals surface area contributed by atoms with Gasteiger partial charge in [-0.1, -0.05) is 0 Å². The molecule has 0 spiro atoms. The second kappa shape index (κ2) is 7.14. The zero-order valence-corrected chi connectivity index (χ0v) is 13.5. The van der Waals surface area contributed by atoms with Crippen LogP contribution in [-0.4, -0.2) is 85.5 Å². The van der Waals surface area contributed by atoms with Gasteiger partial charge in [0.15, 0.2) is 5.76 Å². The summed E-state index contributed by atoms with van der Waals surface area (Å²) in [6.45, 7) is 7.55. The minimum absolute atomic E-state index is 0.0900. The third-order valence-electron chi connectivity index (χ3n) is 4.44. The summed E-state index contributed by atoms with van der Waals surface area (Å²) in [6.07, 6.45) is 1.53. The Labute approximate surface area is 135 Å². The highest BCUT2D eigenvalue weighted by atomic mass is 16.5. The molecule has 0 radical (unpaired) electrons. The van der Waals surface area contributed by atoms with Gasteiger partial charge in [0.05, 0.1) is 26.0 Å². The first-order valence-corrected chi connectivity index (χ1v) is 8.06. The van der Waals surface area contributed by atoms with E-state index in [0.29, 0.717) is 51.7 Å². The van der Waals surface area contributed by atoms with Crippen molar-refractivity contribution in [1.29, 1.82) is 0 Å². The number of piperazine rings is 1. The number of hydrogen-bond donors (Lipinski definition) is 0. The molecule has 0 N–H and O–H groups in total. The Hall–Kier alpha value is -1.86. The van der Waals surface area contributed by atoms with E-state index in [1.165, 1.54) is 6.26 Å². The molecule has 0 atom stereocenters. The molecule has 1 aromatic rings. The van der Waals surface area contributed by atoms with Gasteiger partial charge in [-0.25, -0.2) is 0 Å². The Morgan fingerprint density at radius 1 is 1.04 bits per heavy atom. The van der Waals surface area contributed by atoms with Crippen LogP contribution in [0.5, 0.6) is 0 Å². The Morgan fingerprint density at radius 3 is 2.30 bits per heavy atom. The minimum atomic E-state index is -0.0900. The lowest BCUT2D eigenvalue weighted by Gasteiger charge is -2.36. The van der Waals surface area contributed by atoms with Crippen LogP contribution in [0.2, 0.25) is 0 Å². The number of morpholine rings is 1. The Balaban J connectivity index is 1.49. The molecular weight excluding hydrogens is 298 g/mol. The highest BCUT2D eigenvalue weighted by Gasteiger charge is 2.27. The molecule has 2 amide bonds. The highest BCUT2D eigenvalue weighted by Crippen LogP contribution is 2.14. The van der Waals surface area contributed by atoms with Crippen LogP contribution in [0.25, 0.3) is 0 Å². The molecule has 3 heterocycles. The second-order valence-electron chi connectivity index (χ2n) is 5.99. The van der Waals surface area contributed by atoms with Gasteiger partial charge in [-0.15, -0.1) is 0 Å². The number of rotatable bonds is 3. The fraction of sp³-hybridized carbons (Fsp3) is 0.625. The average Bonchev–Trinajstić information content (AvgIpc) is 3.01. The number of carbonyl (C=O) groups excluding carboxylic acids is 2. The predicted molar refractivity (Wildman–Crippen MR) is 83.2 cm³/mol. The lowest BCUT2D eigenvalue weighted by molar-refractivity contribution is -0.134. The van der Waals surface area contributed by atoms with Crippen LogP contribution in [0, 0.1) is 6.92 Å². The smallest absolute Gasteiger partial charge is 0.289 e. The molecule has 2 fully saturated rings. The van der Waals surface area contributed by atoms with Crippen molar-refractivity contribution in [1.82, 2.24) is 14.7 Å². The number of amides is 2. The SMILES string of the molecule is Cc1ccoc1C(=O)N1CCN(C(=O)CN2CCOCC2)CC1. The molecule has 2 aliphatic rings. The molecule has 2 saturated heterocycles. The number of ether oxygens (including phenoxy) is 1. The fourth-order valence-corrected chi connectivity index (χ4v) is 2.94. The van der Waals surface area contributed by atoms with Crippen LogP contribution in [0.3, 0.4) is 0 Å². The van der Waals surface area contributed by atoms with E-state index < -0.39 is 0 Å². The van der Waals surface area contributed by atoms with Crippen molar-refractivity contribution >= 4 is 11.8 Å². The molecule has 0 unspecified atom stereocenters. The fourth-order valence-electron chi connectivity index (χ4n) is 2.94. The van der Waals surface area contributed by atoms with E-state index in [1.54, 1.807) is 11.0 Å². The first-order valence-electron chi connectivity index (χ1n) is 8.06. The molecule has 0 bridgehead atoms. The number of nitrogens with zero attached hydrogens (tertiary/aromatic N) is 3. The van der Waals surface area contributed by atoms with Crippen molar-refractivity contribution in [3.05, 3.63) is 23.7 Å². The van der Waals surface area contributed by atoms with Crippen LogP contribution < -0.4 is 0 Å². The number of carbonyl (C=O) groups is 2. The van der Waals surface area contributed by atoms with E-state index in [1.807, 2.05) is 11.8 Å². The van der Waals surface area contributed by atoms with Crippen molar-refractivity contribution in [3.8, 4) is 0 Å². The monoisotopic (exact) mass is 321 g/mol. The summed E-state index contributed by atoms with van der Waals surface area (Å²) in [5.74, 6) is 0.444. The summed E-state index contributed by atoms with van der Waals surface area (Å²) in [5.41, 5.74) is 0.848. The Morgan fingerprint density at radius 2 is 1.70 bits per heavy atom. The largest absolute Gasteiger partial charge is 0.459 e. The third kappa shape index (κ3) is 3.73. The molecule has 1 aromatic heterocycles. The third-order valence-corrected chi connectivity index (χ3v) is 4.44. The van der Waals surface area contributed by atoms with Gasteiger partial charge < -0.3 is 19.0 Å². The van der Waals surface area contributed by atoms with Crippen molar-refractivity contribution < 1.29 is 18.7 Å². The van der Waals surface area contributed by atoms with Gasteiger partial charge in [0.25, 0.3) is 5.91 Å². The summed E-state index contributed by atoms with van der Waals surface area (Å²) >= 11 is 0. The van der Waals surface area contributed by atoms with Gasteiger partial charge in [-0.3, -0.25) is 14.5 Å². The van der Waals surface area contributed by atoms with Gasteiger partial charge in [0, 0.05) is 44.8 Å². The van der Waals surface area contributed by atoms with Crippen molar-refractivity contribution in [2.45, 2.75) is 6.92 Å². The maximum absolute atomic E-state index is 12.4. The molecule has 3 rings (SSSR count). The zero-order chi connectivity index (χ0) is 16.2. The first kappa shape index (κ1) is 16.0. The molecule has 7 heteroatoms. The molecule has 0 saturated carbocycles. The quantitative estimate of drug-likeness (QED) is 0.796. The van der Waals surface area contributed by atoms with Gasteiger partial charge in [-0.05, 0) is 13.0 Å². The maximum atomic E-state index is 12.4. The summed E-state index contributed by atoms with van der Waals surface area (Å²) in [6, 6.07) is 1.79. The van der Waals surface area contributed by atoms with E-state index >= 15 is 0 Å². The minimum Gasteiger partial charge on any atom is -0.459 e. The summed E-state index contributed by atoms with van der Waals surface area (Å²) in [4.78, 5) is 30.4.